The van der Waals surface area contributed by atoms with Gasteiger partial charge in [0, 0.05) is 11.8 Å². The van der Waals surface area contributed by atoms with E-state index in [1.54, 1.807) is 36.5 Å². The molecule has 0 aliphatic heterocycles. The van der Waals surface area contributed by atoms with Gasteiger partial charge in [-0.3, -0.25) is 4.98 Å². The van der Waals surface area contributed by atoms with Crippen molar-refractivity contribution in [3.05, 3.63) is 48.2 Å². The second-order valence-corrected chi connectivity index (χ2v) is 3.26. The van der Waals surface area contributed by atoms with Gasteiger partial charge in [-0.15, -0.1) is 0 Å². The smallest absolute Gasteiger partial charge is 0.116 e. The van der Waals surface area contributed by atoms with Gasteiger partial charge in [0.1, 0.15) is 5.75 Å². The third-order valence-corrected chi connectivity index (χ3v) is 2.15. The number of aliphatic hydroxyl groups excluding tert-OH is 1. The van der Waals surface area contributed by atoms with Crippen LogP contribution in [0.2, 0.25) is 0 Å². The number of hydrogen-bond acceptors (Lipinski definition) is 3. The standard InChI is InChI=1S/C12H11NO2/c14-8-9-4-5-13-12(6-9)10-2-1-3-11(15)7-10/h1-7,14-15H,8H2. The van der Waals surface area contributed by atoms with E-state index in [1.807, 2.05) is 6.07 Å². The lowest BCUT2D eigenvalue weighted by molar-refractivity contribution is 0.282. The maximum absolute atomic E-state index is 9.32. The van der Waals surface area contributed by atoms with Gasteiger partial charge in [0.25, 0.3) is 0 Å². The summed E-state index contributed by atoms with van der Waals surface area (Å²) < 4.78 is 0. The Bertz CT molecular complexity index is 469. The van der Waals surface area contributed by atoms with Crippen LogP contribution in [0.15, 0.2) is 42.6 Å². The van der Waals surface area contributed by atoms with Gasteiger partial charge in [-0.2, -0.15) is 0 Å². The molecule has 2 aromatic rings. The number of pyridine rings is 1. The average molecular weight is 201 g/mol. The Balaban J connectivity index is 2.44. The summed E-state index contributed by atoms with van der Waals surface area (Å²) in [7, 11) is 0. The van der Waals surface area contributed by atoms with E-state index in [1.165, 1.54) is 0 Å². The molecule has 3 heteroatoms. The molecule has 0 fully saturated rings. The van der Waals surface area contributed by atoms with Crippen molar-refractivity contribution in [1.29, 1.82) is 0 Å². The molecule has 0 bridgehead atoms. The molecule has 0 atom stereocenters. The summed E-state index contributed by atoms with van der Waals surface area (Å²) in [4.78, 5) is 4.18. The van der Waals surface area contributed by atoms with Gasteiger partial charge in [-0.1, -0.05) is 12.1 Å². The number of aromatic hydroxyl groups is 1. The maximum Gasteiger partial charge on any atom is 0.116 e. The minimum Gasteiger partial charge on any atom is -0.508 e. The molecule has 0 saturated carbocycles. The predicted octanol–water partition coefficient (Wildman–Crippen LogP) is 1.95. The van der Waals surface area contributed by atoms with Crippen molar-refractivity contribution in [1.82, 2.24) is 4.98 Å². The molecular weight excluding hydrogens is 190 g/mol. The molecule has 1 aromatic heterocycles. The predicted molar refractivity (Wildman–Crippen MR) is 57.3 cm³/mol. The molecule has 0 amide bonds. The summed E-state index contributed by atoms with van der Waals surface area (Å²) in [6, 6.07) is 10.4. The van der Waals surface area contributed by atoms with Crippen LogP contribution < -0.4 is 0 Å². The number of nitrogens with zero attached hydrogens (tertiary/aromatic N) is 1. The van der Waals surface area contributed by atoms with Crippen LogP contribution in [-0.2, 0) is 6.61 Å². The third kappa shape index (κ3) is 2.14. The van der Waals surface area contributed by atoms with Crippen LogP contribution >= 0.6 is 0 Å². The van der Waals surface area contributed by atoms with Crippen LogP contribution in [0.25, 0.3) is 11.3 Å². The number of phenolic OH excluding ortho intramolecular Hbond substituents is 1. The number of aromatic nitrogens is 1. The Kier molecular flexibility index (Phi) is 2.65. The first kappa shape index (κ1) is 9.68. The lowest BCUT2D eigenvalue weighted by Crippen LogP contribution is -1.87. The zero-order chi connectivity index (χ0) is 10.7. The van der Waals surface area contributed by atoms with Gasteiger partial charge in [0.2, 0.25) is 0 Å². The maximum atomic E-state index is 9.32. The molecule has 0 radical (unpaired) electrons. The number of phenols is 1. The van der Waals surface area contributed by atoms with E-state index in [-0.39, 0.29) is 12.4 Å². The molecule has 0 unspecified atom stereocenters. The number of aliphatic hydroxyl groups is 1. The van der Waals surface area contributed by atoms with Crippen molar-refractivity contribution in [3.8, 4) is 17.0 Å². The van der Waals surface area contributed by atoms with E-state index in [9.17, 15) is 5.11 Å². The highest BCUT2D eigenvalue weighted by Crippen LogP contribution is 2.21. The largest absolute Gasteiger partial charge is 0.508 e. The third-order valence-electron chi connectivity index (χ3n) is 2.15. The van der Waals surface area contributed by atoms with Crippen LogP contribution in [-0.4, -0.2) is 15.2 Å². The first-order valence-corrected chi connectivity index (χ1v) is 4.65. The fourth-order valence-corrected chi connectivity index (χ4v) is 1.40. The van der Waals surface area contributed by atoms with E-state index < -0.39 is 0 Å². The van der Waals surface area contributed by atoms with Crippen molar-refractivity contribution in [2.24, 2.45) is 0 Å². The number of hydrogen-bond donors (Lipinski definition) is 2. The molecule has 1 aromatic carbocycles. The molecule has 0 spiro atoms. The minimum atomic E-state index is -0.00562. The van der Waals surface area contributed by atoms with E-state index >= 15 is 0 Å². The number of benzene rings is 1. The Labute approximate surface area is 87.7 Å². The first-order valence-electron chi connectivity index (χ1n) is 4.65. The summed E-state index contributed by atoms with van der Waals surface area (Å²) in [6.07, 6.45) is 1.64. The van der Waals surface area contributed by atoms with E-state index in [0.29, 0.717) is 0 Å². The quantitative estimate of drug-likeness (QED) is 0.780. The molecule has 3 nitrogen and oxygen atoms in total. The van der Waals surface area contributed by atoms with Gasteiger partial charge < -0.3 is 10.2 Å². The summed E-state index contributed by atoms with van der Waals surface area (Å²) in [5.74, 6) is 0.212. The van der Waals surface area contributed by atoms with Crippen molar-refractivity contribution in [2.45, 2.75) is 6.61 Å². The Morgan fingerprint density at radius 3 is 2.73 bits per heavy atom. The zero-order valence-corrected chi connectivity index (χ0v) is 8.09. The fourth-order valence-electron chi connectivity index (χ4n) is 1.40. The highest BCUT2D eigenvalue weighted by Gasteiger charge is 2.00. The van der Waals surface area contributed by atoms with E-state index in [0.717, 1.165) is 16.8 Å². The molecule has 0 aliphatic rings. The van der Waals surface area contributed by atoms with Crippen LogP contribution in [0.5, 0.6) is 5.75 Å². The Morgan fingerprint density at radius 1 is 1.13 bits per heavy atom. The first-order chi connectivity index (χ1) is 7.29. The van der Waals surface area contributed by atoms with Crippen molar-refractivity contribution in [3.63, 3.8) is 0 Å². The molecule has 0 aliphatic carbocycles. The molecular formula is C12H11NO2. The summed E-state index contributed by atoms with van der Waals surface area (Å²) in [5.41, 5.74) is 2.39. The van der Waals surface area contributed by atoms with Gasteiger partial charge in [0.15, 0.2) is 0 Å². The van der Waals surface area contributed by atoms with Crippen LogP contribution in [0.4, 0.5) is 0 Å². The van der Waals surface area contributed by atoms with Crippen LogP contribution in [0.1, 0.15) is 5.56 Å². The fraction of sp³-hybridized carbons (Fsp3) is 0.0833. The molecule has 0 saturated heterocycles. The van der Waals surface area contributed by atoms with Crippen LogP contribution in [0.3, 0.4) is 0 Å². The minimum absolute atomic E-state index is 0.00562. The lowest BCUT2D eigenvalue weighted by atomic mass is 10.1. The highest BCUT2D eigenvalue weighted by atomic mass is 16.3. The summed E-state index contributed by atoms with van der Waals surface area (Å²) >= 11 is 0. The SMILES string of the molecule is OCc1ccnc(-c2cccc(O)c2)c1. The summed E-state index contributed by atoms with van der Waals surface area (Å²) in [5, 5.41) is 18.3. The topological polar surface area (TPSA) is 53.4 Å². The second-order valence-electron chi connectivity index (χ2n) is 3.26. The van der Waals surface area contributed by atoms with Gasteiger partial charge in [-0.25, -0.2) is 0 Å². The second kappa shape index (κ2) is 4.11. The highest BCUT2D eigenvalue weighted by molar-refractivity contribution is 5.61. The van der Waals surface area contributed by atoms with Crippen LogP contribution in [0, 0.1) is 0 Å². The lowest BCUT2D eigenvalue weighted by Gasteiger charge is -2.02. The molecule has 1 heterocycles. The molecule has 76 valence electrons. The number of rotatable bonds is 2. The van der Waals surface area contributed by atoms with Gasteiger partial charge in [-0.05, 0) is 29.8 Å². The Morgan fingerprint density at radius 2 is 2.00 bits per heavy atom. The molecule has 2 N–H and O–H groups in total. The van der Waals surface area contributed by atoms with Crippen molar-refractivity contribution in [2.75, 3.05) is 0 Å². The molecule has 2 rings (SSSR count). The summed E-state index contributed by atoms with van der Waals surface area (Å²) in [6.45, 7) is -0.00562. The average Bonchev–Trinajstić information content (AvgIpc) is 2.29. The van der Waals surface area contributed by atoms with E-state index in [2.05, 4.69) is 4.98 Å². The normalized spacial score (nSPS) is 10.2. The monoisotopic (exact) mass is 201 g/mol. The van der Waals surface area contributed by atoms with E-state index in [4.69, 9.17) is 5.11 Å². The van der Waals surface area contributed by atoms with Crippen molar-refractivity contribution >= 4 is 0 Å². The van der Waals surface area contributed by atoms with Gasteiger partial charge >= 0.3 is 0 Å². The Hall–Kier alpha value is -1.87. The molecule has 15 heavy (non-hydrogen) atoms. The van der Waals surface area contributed by atoms with Gasteiger partial charge in [0.05, 0.1) is 12.3 Å². The van der Waals surface area contributed by atoms with Crippen molar-refractivity contribution < 1.29 is 10.2 Å². The zero-order valence-electron chi connectivity index (χ0n) is 8.09.